The van der Waals surface area contributed by atoms with Crippen LogP contribution in [0.5, 0.6) is 5.75 Å². The third-order valence-electron chi connectivity index (χ3n) is 6.40. The molecule has 0 saturated carbocycles. The van der Waals surface area contributed by atoms with E-state index in [1.165, 1.54) is 38.3 Å². The molecule has 0 atom stereocenters. The lowest BCUT2D eigenvalue weighted by Gasteiger charge is -2.24. The fourth-order valence-electron chi connectivity index (χ4n) is 4.28. The molecule has 0 aliphatic carbocycles. The lowest BCUT2D eigenvalue weighted by molar-refractivity contribution is -0.385. The number of aryl methyl sites for hydroxylation is 1. The summed E-state index contributed by atoms with van der Waals surface area (Å²) < 4.78 is 33.4. The number of methoxy groups -OCH3 is 1. The Morgan fingerprint density at radius 3 is 2.51 bits per heavy atom. The van der Waals surface area contributed by atoms with Crippen LogP contribution in [-0.2, 0) is 26.2 Å². The van der Waals surface area contributed by atoms with Crippen LogP contribution >= 0.6 is 0 Å². The molecule has 1 aliphatic rings. The normalized spacial score (nSPS) is 13.3. The Kier molecular flexibility index (Phi) is 8.15. The minimum Gasteiger partial charge on any atom is -0.497 e. The molecule has 1 heterocycles. The van der Waals surface area contributed by atoms with Crippen molar-refractivity contribution in [2.45, 2.75) is 31.2 Å². The second kappa shape index (κ2) is 11.5. The van der Waals surface area contributed by atoms with Gasteiger partial charge in [-0.25, -0.2) is 8.42 Å². The summed E-state index contributed by atoms with van der Waals surface area (Å²) in [6.07, 6.45) is 1.29. The highest BCUT2D eigenvalue weighted by Gasteiger charge is 2.29. The van der Waals surface area contributed by atoms with Gasteiger partial charge < -0.3 is 15.0 Å². The summed E-state index contributed by atoms with van der Waals surface area (Å²) in [6.45, 7) is 1.69. The van der Waals surface area contributed by atoms with Crippen LogP contribution in [0.25, 0.3) is 0 Å². The lowest BCUT2D eigenvalue weighted by atomic mass is 10.2. The molecule has 4 rings (SSSR count). The molecular weight excluding hydrogens is 524 g/mol. The molecule has 1 aliphatic heterocycles. The average molecular weight is 553 g/mol. The summed E-state index contributed by atoms with van der Waals surface area (Å²) >= 11 is 0. The standard InChI is InChI=1S/C27H28N4O7S/c1-19-8-13-24(16-25(19)31(34)35)39(36,37)30(21-9-11-23(38-2)12-10-21)18-26(32)28-17-20-5-3-6-22(15-20)29-14-4-7-27(29)33/h3,5-6,8-13,15-16H,4,7,14,17-18H2,1-2H3,(H,28,32). The molecule has 0 unspecified atom stereocenters. The fourth-order valence-corrected chi connectivity index (χ4v) is 5.72. The second-order valence-electron chi connectivity index (χ2n) is 9.01. The van der Waals surface area contributed by atoms with E-state index in [4.69, 9.17) is 4.74 Å². The molecule has 39 heavy (non-hydrogen) atoms. The van der Waals surface area contributed by atoms with Crippen molar-refractivity contribution in [3.63, 3.8) is 0 Å². The number of sulfonamides is 1. The van der Waals surface area contributed by atoms with Crippen molar-refractivity contribution < 1.29 is 27.7 Å². The average Bonchev–Trinajstić information content (AvgIpc) is 3.36. The number of carbonyl (C=O) groups is 2. The van der Waals surface area contributed by atoms with Gasteiger partial charge in [0.1, 0.15) is 12.3 Å². The first kappa shape index (κ1) is 27.6. The number of carbonyl (C=O) groups excluding carboxylic acids is 2. The summed E-state index contributed by atoms with van der Waals surface area (Å²) in [5.41, 5.74) is 1.64. The van der Waals surface area contributed by atoms with Gasteiger partial charge in [-0.15, -0.1) is 0 Å². The lowest BCUT2D eigenvalue weighted by Crippen LogP contribution is -2.40. The number of benzene rings is 3. The number of nitrogens with one attached hydrogen (secondary N) is 1. The van der Waals surface area contributed by atoms with Gasteiger partial charge in [0.2, 0.25) is 11.8 Å². The van der Waals surface area contributed by atoms with Crippen molar-refractivity contribution in [1.29, 1.82) is 0 Å². The Morgan fingerprint density at radius 2 is 1.87 bits per heavy atom. The predicted octanol–water partition coefficient (Wildman–Crippen LogP) is 3.55. The van der Waals surface area contributed by atoms with Crippen LogP contribution in [0.4, 0.5) is 17.1 Å². The first-order valence-corrected chi connectivity index (χ1v) is 13.6. The summed E-state index contributed by atoms with van der Waals surface area (Å²) in [6, 6.07) is 16.9. The van der Waals surface area contributed by atoms with Crippen LogP contribution in [0.15, 0.2) is 71.6 Å². The van der Waals surface area contributed by atoms with Crippen LogP contribution in [-0.4, -0.2) is 45.4 Å². The number of ether oxygens (including phenoxy) is 1. The van der Waals surface area contributed by atoms with Gasteiger partial charge in [-0.05, 0) is 61.4 Å². The Balaban J connectivity index is 1.57. The molecule has 0 spiro atoms. The largest absolute Gasteiger partial charge is 0.497 e. The second-order valence-corrected chi connectivity index (χ2v) is 10.9. The van der Waals surface area contributed by atoms with E-state index in [1.54, 1.807) is 29.2 Å². The van der Waals surface area contributed by atoms with Gasteiger partial charge in [0, 0.05) is 36.8 Å². The SMILES string of the molecule is COc1ccc(N(CC(=O)NCc2cccc(N3CCCC3=O)c2)S(=O)(=O)c2ccc(C)c([N+](=O)[O-])c2)cc1. The molecule has 3 aromatic carbocycles. The zero-order valence-corrected chi connectivity index (χ0v) is 22.3. The number of rotatable bonds is 10. The quantitative estimate of drug-likeness (QED) is 0.300. The van der Waals surface area contributed by atoms with E-state index in [-0.39, 0.29) is 28.7 Å². The van der Waals surface area contributed by atoms with E-state index in [0.717, 1.165) is 28.0 Å². The first-order chi connectivity index (χ1) is 18.6. The van der Waals surface area contributed by atoms with Crippen molar-refractivity contribution in [2.75, 3.05) is 29.4 Å². The number of hydrogen-bond acceptors (Lipinski definition) is 7. The van der Waals surface area contributed by atoms with E-state index in [2.05, 4.69) is 5.32 Å². The van der Waals surface area contributed by atoms with Crippen LogP contribution in [0.3, 0.4) is 0 Å². The zero-order valence-electron chi connectivity index (χ0n) is 21.5. The smallest absolute Gasteiger partial charge is 0.273 e. The highest BCUT2D eigenvalue weighted by Crippen LogP contribution is 2.29. The van der Waals surface area contributed by atoms with E-state index in [1.807, 2.05) is 12.1 Å². The summed E-state index contributed by atoms with van der Waals surface area (Å²) in [4.78, 5) is 37.3. The predicted molar refractivity (Wildman–Crippen MR) is 145 cm³/mol. The minimum atomic E-state index is -4.37. The monoisotopic (exact) mass is 552 g/mol. The molecule has 2 amide bonds. The maximum absolute atomic E-state index is 13.7. The highest BCUT2D eigenvalue weighted by molar-refractivity contribution is 7.92. The van der Waals surface area contributed by atoms with E-state index < -0.39 is 27.4 Å². The molecule has 3 aromatic rings. The fraction of sp³-hybridized carbons (Fsp3) is 0.259. The highest BCUT2D eigenvalue weighted by atomic mass is 32.2. The van der Waals surface area contributed by atoms with Crippen molar-refractivity contribution in [3.05, 3.63) is 88.0 Å². The van der Waals surface area contributed by atoms with Crippen LogP contribution in [0, 0.1) is 17.0 Å². The first-order valence-electron chi connectivity index (χ1n) is 12.2. The molecule has 1 saturated heterocycles. The molecule has 1 fully saturated rings. The van der Waals surface area contributed by atoms with Crippen LogP contribution < -0.4 is 19.3 Å². The number of anilines is 2. The molecular formula is C27H28N4O7S. The topological polar surface area (TPSA) is 139 Å². The Bertz CT molecular complexity index is 1510. The Morgan fingerprint density at radius 1 is 1.13 bits per heavy atom. The number of nitro groups is 1. The minimum absolute atomic E-state index is 0.0490. The summed E-state index contributed by atoms with van der Waals surface area (Å²) in [5.74, 6) is -0.0468. The molecule has 0 radical (unpaired) electrons. The Hall–Kier alpha value is -4.45. The van der Waals surface area contributed by atoms with Gasteiger partial charge in [-0.2, -0.15) is 0 Å². The third-order valence-corrected chi connectivity index (χ3v) is 8.17. The van der Waals surface area contributed by atoms with Gasteiger partial charge in [0.15, 0.2) is 0 Å². The number of amides is 2. The van der Waals surface area contributed by atoms with Gasteiger partial charge in [0.25, 0.3) is 15.7 Å². The van der Waals surface area contributed by atoms with Crippen molar-refractivity contribution in [2.24, 2.45) is 0 Å². The third kappa shape index (κ3) is 6.17. The molecule has 1 N–H and O–H groups in total. The maximum Gasteiger partial charge on any atom is 0.273 e. The summed E-state index contributed by atoms with van der Waals surface area (Å²) in [7, 11) is -2.90. The molecule has 0 aromatic heterocycles. The van der Waals surface area contributed by atoms with Gasteiger partial charge in [0.05, 0.1) is 22.6 Å². The van der Waals surface area contributed by atoms with Gasteiger partial charge in [-0.3, -0.25) is 24.0 Å². The number of nitro benzene ring substituents is 1. The molecule has 11 nitrogen and oxygen atoms in total. The molecule has 204 valence electrons. The Labute approximate surface area is 226 Å². The summed E-state index contributed by atoms with van der Waals surface area (Å²) in [5, 5.41) is 14.2. The van der Waals surface area contributed by atoms with Crippen LogP contribution in [0.2, 0.25) is 0 Å². The van der Waals surface area contributed by atoms with Crippen LogP contribution in [0.1, 0.15) is 24.0 Å². The number of hydrogen-bond donors (Lipinski definition) is 1. The van der Waals surface area contributed by atoms with E-state index >= 15 is 0 Å². The van der Waals surface area contributed by atoms with E-state index in [9.17, 15) is 28.1 Å². The molecule has 0 bridgehead atoms. The van der Waals surface area contributed by atoms with E-state index in [0.29, 0.717) is 24.3 Å². The van der Waals surface area contributed by atoms with Crippen molar-refractivity contribution in [1.82, 2.24) is 5.32 Å². The van der Waals surface area contributed by atoms with Gasteiger partial charge >= 0.3 is 0 Å². The zero-order chi connectivity index (χ0) is 28.2. The van der Waals surface area contributed by atoms with Gasteiger partial charge in [-0.1, -0.05) is 18.2 Å². The number of nitrogens with zero attached hydrogens (tertiary/aromatic N) is 3. The maximum atomic E-state index is 13.7. The van der Waals surface area contributed by atoms with Crippen molar-refractivity contribution >= 4 is 38.9 Å². The molecule has 12 heteroatoms. The van der Waals surface area contributed by atoms with Crippen molar-refractivity contribution in [3.8, 4) is 5.75 Å².